The number of carbonyl (C=O) groups is 20. The first-order valence-electron chi connectivity index (χ1n) is 41.2. The zero-order chi connectivity index (χ0) is 95.2. The second-order valence-electron chi connectivity index (χ2n) is 31.7. The molecule has 29 N–H and O–H groups in total. The third-order valence-corrected chi connectivity index (χ3v) is 20.2. The Balaban J connectivity index is 1.47. The van der Waals surface area contributed by atoms with Crippen LogP contribution in [0.5, 0.6) is 5.75 Å². The van der Waals surface area contributed by atoms with Gasteiger partial charge >= 0.3 is 11.9 Å². The number of carboxylic acid groups (broad SMARTS) is 2. The first-order valence-corrected chi connectivity index (χ1v) is 41.2. The van der Waals surface area contributed by atoms with Crippen LogP contribution in [0.15, 0.2) is 84.9 Å². The van der Waals surface area contributed by atoms with Gasteiger partial charge in [0, 0.05) is 25.8 Å². The Kier molecular flexibility index (Phi) is 43.8. The summed E-state index contributed by atoms with van der Waals surface area (Å²) in [5.41, 5.74) is 30.1. The quantitative estimate of drug-likeness (QED) is 0.0233. The average molecular weight is 1790 g/mol. The molecule has 1 aliphatic rings. The molecule has 18 amide bonds. The third-order valence-electron chi connectivity index (χ3n) is 20.2. The van der Waals surface area contributed by atoms with Crippen LogP contribution in [0.25, 0.3) is 0 Å². The number of carboxylic acids is 2. The standard InChI is InChI=1S/C82H120N20O25/c1-40(2)64(79(124)88-38-61(108)90-57(39-103)77(122)91-51(28-29-62(109)110)71(116)89-43(7)69(114)93-52(68(87)113)33-45-18-11-9-12-19-45)99-76(121)55(36-60(86)107)97-81(126)67(44(8)104)101-78(123)58-23-17-31-102(58)82(127)66(42(5)6)100-75(120)53(34-46-20-13-10-14-21-46)94-73(118)54(35-59(85)106)95-74(119)56(37-63(111)112)96-72(117)50(22-15-16-30-83)92-80(125)65(41(3)4)98-70(115)49(84)32-47-24-26-48(105)27-25-47/h9-14,18-21,24-27,40-44,49-58,64-67,103-105H,15-17,22-23,28-39,83-84H2,1-8H3,(H2,85,106)(H2,86,107)(H2,87,113)(H,88,124)(H,89,116)(H,90,108)(H,91,122)(H,92,125)(H,93,114)(H,94,118)(H,95,119)(H,96,117)(H,97,126)(H,98,115)(H,99,121)(H,100,120)(H,101,123)(H,109,110)(H,111,112). The van der Waals surface area contributed by atoms with Crippen LogP contribution in [0.4, 0.5) is 0 Å². The van der Waals surface area contributed by atoms with Crippen molar-refractivity contribution in [1.29, 1.82) is 0 Å². The Labute approximate surface area is 731 Å². The molecule has 4 rings (SSSR count). The SMILES string of the molecule is CC(NC(=O)C(CCC(=O)O)NC(=O)C(CO)NC(=O)CNC(=O)C(NC(=O)C(CC(N)=O)NC(=O)C(NC(=O)C1CCCN1C(=O)C(NC(=O)C(Cc1ccccc1)NC(=O)C(CC(N)=O)NC(=O)C(CC(=O)O)NC(=O)C(CCCCN)NC(=O)C(NC(=O)C(N)Cc1ccc(O)cc1)C(C)C)C(C)C)C(C)O)C(C)C)C(=O)NC(Cc1ccccc1)C(N)=O. The van der Waals surface area contributed by atoms with Gasteiger partial charge in [0.05, 0.1) is 44.6 Å². The predicted octanol–water partition coefficient (Wildman–Crippen LogP) is -7.78. The summed E-state index contributed by atoms with van der Waals surface area (Å²) in [5, 5.41) is 83.3. The van der Waals surface area contributed by atoms with Gasteiger partial charge in [-0.05, 0) is 112 Å². The van der Waals surface area contributed by atoms with Crippen LogP contribution in [0.2, 0.25) is 0 Å². The van der Waals surface area contributed by atoms with Crippen LogP contribution in [0, 0.1) is 17.8 Å². The number of phenols is 1. The number of hydrogen-bond donors (Lipinski definition) is 24. The number of nitrogens with two attached hydrogens (primary N) is 5. The van der Waals surface area contributed by atoms with Crippen LogP contribution in [0.3, 0.4) is 0 Å². The van der Waals surface area contributed by atoms with E-state index >= 15 is 0 Å². The number of phenolic OH excluding ortho intramolecular Hbond substituents is 1. The molecule has 3 aromatic rings. The molecule has 45 heteroatoms. The summed E-state index contributed by atoms with van der Waals surface area (Å²) < 4.78 is 0. The fraction of sp³-hybridized carbons (Fsp3) is 0.537. The second-order valence-corrected chi connectivity index (χ2v) is 31.7. The summed E-state index contributed by atoms with van der Waals surface area (Å²) in [6.45, 7) is 9.32. The van der Waals surface area contributed by atoms with E-state index in [1.54, 1.807) is 86.6 Å². The van der Waals surface area contributed by atoms with Crippen molar-refractivity contribution in [2.24, 2.45) is 46.4 Å². The molecule has 698 valence electrons. The number of aliphatic hydroxyl groups excluding tert-OH is 2. The number of aromatic hydroxyl groups is 1. The maximum Gasteiger partial charge on any atom is 0.305 e. The van der Waals surface area contributed by atoms with Crippen molar-refractivity contribution in [3.05, 3.63) is 102 Å². The van der Waals surface area contributed by atoms with Crippen LogP contribution < -0.4 is 103 Å². The Morgan fingerprint density at radius 2 is 0.850 bits per heavy atom. The van der Waals surface area contributed by atoms with E-state index < -0.39 is 278 Å². The van der Waals surface area contributed by atoms with E-state index in [1.807, 2.05) is 0 Å². The number of hydrogen-bond acceptors (Lipinski definition) is 25. The van der Waals surface area contributed by atoms with Crippen molar-refractivity contribution in [3.63, 3.8) is 0 Å². The molecule has 16 unspecified atom stereocenters. The highest BCUT2D eigenvalue weighted by atomic mass is 16.4. The molecule has 1 fully saturated rings. The number of benzene rings is 3. The van der Waals surface area contributed by atoms with Crippen LogP contribution in [-0.2, 0) is 115 Å². The number of aliphatic carboxylic acids is 2. The first-order chi connectivity index (χ1) is 59.7. The molecule has 0 spiro atoms. The molecule has 0 aliphatic carbocycles. The maximum absolute atomic E-state index is 14.8. The van der Waals surface area contributed by atoms with Gasteiger partial charge in [0.15, 0.2) is 0 Å². The van der Waals surface area contributed by atoms with Gasteiger partial charge in [0.25, 0.3) is 0 Å². The molecular weight excluding hydrogens is 1670 g/mol. The van der Waals surface area contributed by atoms with Gasteiger partial charge in [-0.3, -0.25) is 95.9 Å². The van der Waals surface area contributed by atoms with Gasteiger partial charge < -0.3 is 134 Å². The summed E-state index contributed by atoms with van der Waals surface area (Å²) in [5.74, 6) is -24.9. The molecule has 1 aliphatic heterocycles. The number of carbonyl (C=O) groups excluding carboxylic acids is 18. The van der Waals surface area contributed by atoms with Crippen molar-refractivity contribution in [2.45, 2.75) is 236 Å². The monoisotopic (exact) mass is 1780 g/mol. The minimum Gasteiger partial charge on any atom is -0.508 e. The lowest BCUT2D eigenvalue weighted by molar-refractivity contribution is -0.144. The van der Waals surface area contributed by atoms with E-state index in [0.717, 1.165) is 11.8 Å². The summed E-state index contributed by atoms with van der Waals surface area (Å²) in [7, 11) is 0. The second kappa shape index (κ2) is 52.5. The number of unbranched alkanes of at least 4 members (excludes halogenated alkanes) is 1. The zero-order valence-electron chi connectivity index (χ0n) is 71.8. The van der Waals surface area contributed by atoms with E-state index in [-0.39, 0.29) is 63.8 Å². The number of nitrogens with one attached hydrogen (secondary N) is 14. The topological polar surface area (TPSA) is 744 Å². The van der Waals surface area contributed by atoms with Gasteiger partial charge in [-0.25, -0.2) is 0 Å². The molecule has 127 heavy (non-hydrogen) atoms. The average Bonchev–Trinajstić information content (AvgIpc) is 1.21. The van der Waals surface area contributed by atoms with Crippen molar-refractivity contribution < 1.29 is 121 Å². The lowest BCUT2D eigenvalue weighted by Crippen LogP contribution is -2.62. The van der Waals surface area contributed by atoms with Gasteiger partial charge in [-0.2, -0.15) is 0 Å². The minimum absolute atomic E-state index is 0.00928. The molecule has 0 radical (unpaired) electrons. The van der Waals surface area contributed by atoms with Gasteiger partial charge in [0.1, 0.15) is 90.3 Å². The highest BCUT2D eigenvalue weighted by molar-refractivity contribution is 6.02. The lowest BCUT2D eigenvalue weighted by atomic mass is 9.99. The summed E-state index contributed by atoms with van der Waals surface area (Å²) in [6.07, 6.45) is -6.02. The van der Waals surface area contributed by atoms with Crippen molar-refractivity contribution in [2.75, 3.05) is 26.2 Å². The Bertz CT molecular complexity index is 4350. The third kappa shape index (κ3) is 36.1. The molecule has 3 aromatic carbocycles. The number of nitrogens with zero attached hydrogens (tertiary/aromatic N) is 1. The van der Waals surface area contributed by atoms with Crippen molar-refractivity contribution in [1.82, 2.24) is 79.3 Å². The molecule has 16 atom stereocenters. The summed E-state index contributed by atoms with van der Waals surface area (Å²) in [4.78, 5) is 272. The van der Waals surface area contributed by atoms with Gasteiger partial charge in [-0.15, -0.1) is 0 Å². The van der Waals surface area contributed by atoms with Crippen LogP contribution >= 0.6 is 0 Å². The van der Waals surface area contributed by atoms with Crippen LogP contribution in [0.1, 0.15) is 136 Å². The summed E-state index contributed by atoms with van der Waals surface area (Å²) in [6, 6.07) is -2.02. The van der Waals surface area contributed by atoms with E-state index in [1.165, 1.54) is 46.8 Å². The Morgan fingerprint density at radius 3 is 1.35 bits per heavy atom. The Morgan fingerprint density at radius 1 is 0.425 bits per heavy atom. The van der Waals surface area contributed by atoms with Gasteiger partial charge in [0.2, 0.25) is 106 Å². The molecule has 1 heterocycles. The minimum atomic E-state index is -2.04. The van der Waals surface area contributed by atoms with Crippen molar-refractivity contribution in [3.8, 4) is 5.75 Å². The van der Waals surface area contributed by atoms with Crippen molar-refractivity contribution >= 4 is 118 Å². The Hall–Kier alpha value is -13.3. The molecule has 0 bridgehead atoms. The lowest BCUT2D eigenvalue weighted by Gasteiger charge is -2.33. The van der Waals surface area contributed by atoms with Crippen LogP contribution in [-0.4, -0.2) is 272 Å². The number of likely N-dealkylation sites (tertiary alicyclic amines) is 1. The smallest absolute Gasteiger partial charge is 0.305 e. The number of amides is 18. The fourth-order valence-corrected chi connectivity index (χ4v) is 13.1. The van der Waals surface area contributed by atoms with E-state index in [2.05, 4.69) is 74.4 Å². The molecule has 1 saturated heterocycles. The molecular formula is C82H120N20O25. The number of aliphatic hydroxyl groups is 2. The molecule has 0 saturated carbocycles. The first kappa shape index (κ1) is 106. The molecule has 0 aromatic heterocycles. The largest absolute Gasteiger partial charge is 0.508 e. The highest BCUT2D eigenvalue weighted by Crippen LogP contribution is 2.23. The van der Waals surface area contributed by atoms with E-state index in [4.69, 9.17) is 28.7 Å². The normalized spacial score (nSPS) is 15.9. The van der Waals surface area contributed by atoms with E-state index in [9.17, 15) is 121 Å². The maximum atomic E-state index is 14.8. The molecule has 45 nitrogen and oxygen atoms in total. The zero-order valence-corrected chi connectivity index (χ0v) is 71.8. The predicted molar refractivity (Wildman–Crippen MR) is 451 cm³/mol. The van der Waals surface area contributed by atoms with E-state index in [0.29, 0.717) is 23.1 Å². The summed E-state index contributed by atoms with van der Waals surface area (Å²) >= 11 is 0. The van der Waals surface area contributed by atoms with Gasteiger partial charge in [-0.1, -0.05) is 114 Å². The highest BCUT2D eigenvalue weighted by Gasteiger charge is 2.44. The fourth-order valence-electron chi connectivity index (χ4n) is 13.1. The number of primary amides is 3. The number of rotatable bonds is 54.